The van der Waals surface area contributed by atoms with E-state index in [1.54, 1.807) is 30.6 Å². The Labute approximate surface area is 191 Å². The molecule has 0 aromatic carbocycles. The van der Waals surface area contributed by atoms with Crippen molar-refractivity contribution in [1.82, 2.24) is 19.8 Å². The lowest BCUT2D eigenvalue weighted by Gasteiger charge is -2.40. The lowest BCUT2D eigenvalue weighted by atomic mass is 10.0. The quantitative estimate of drug-likeness (QED) is 0.748. The fraction of sp³-hybridized carbons (Fsp3) is 0.560. The van der Waals surface area contributed by atoms with Crippen LogP contribution in [0.3, 0.4) is 0 Å². The summed E-state index contributed by atoms with van der Waals surface area (Å²) >= 11 is 0. The van der Waals surface area contributed by atoms with Crippen LogP contribution >= 0.6 is 0 Å². The smallest absolute Gasteiger partial charge is 0.274 e. The zero-order valence-electron chi connectivity index (χ0n) is 19.4. The number of rotatable bonds is 6. The van der Waals surface area contributed by atoms with Crippen LogP contribution in [0.5, 0.6) is 0 Å². The number of hydrogen-bond donors (Lipinski definition) is 1. The average molecular weight is 437 g/mol. The second-order valence-corrected chi connectivity index (χ2v) is 8.97. The van der Waals surface area contributed by atoms with Gasteiger partial charge in [0.15, 0.2) is 0 Å². The first-order valence-electron chi connectivity index (χ1n) is 12.1. The fourth-order valence-electron chi connectivity index (χ4n) is 4.84. The molecule has 2 saturated heterocycles. The summed E-state index contributed by atoms with van der Waals surface area (Å²) < 4.78 is 0. The summed E-state index contributed by atoms with van der Waals surface area (Å²) in [6, 6.07) is 10.7. The first kappa shape index (κ1) is 22.7. The van der Waals surface area contributed by atoms with Gasteiger partial charge < -0.3 is 15.1 Å². The maximum atomic E-state index is 12.6. The monoisotopic (exact) mass is 436 g/mol. The van der Waals surface area contributed by atoms with Crippen molar-refractivity contribution in [1.29, 1.82) is 0 Å². The standard InChI is InChI=1S/C25H36N6O/c1-3-20(2)29-16-10-22(11-17-29)30-14-5-15-31(19-18-30)24-7-4-6-23(28-24)25(32)27-21-8-12-26-13-9-21/h4,6-9,12-13,20,22H,3,5,10-11,14-19H2,1-2H3,(H,26,27,32)/t20-/m1/s1. The van der Waals surface area contributed by atoms with Crippen LogP contribution in [0.1, 0.15) is 50.0 Å². The number of amides is 1. The Morgan fingerprint density at radius 1 is 1.06 bits per heavy atom. The summed E-state index contributed by atoms with van der Waals surface area (Å²) in [5.74, 6) is 0.698. The molecule has 2 aromatic heterocycles. The van der Waals surface area contributed by atoms with E-state index < -0.39 is 0 Å². The molecule has 4 heterocycles. The van der Waals surface area contributed by atoms with E-state index in [0.29, 0.717) is 17.8 Å². The van der Waals surface area contributed by atoms with Crippen LogP contribution in [0.25, 0.3) is 0 Å². The van der Waals surface area contributed by atoms with E-state index in [9.17, 15) is 4.79 Å². The van der Waals surface area contributed by atoms with Gasteiger partial charge in [0.1, 0.15) is 11.5 Å². The molecule has 2 aromatic rings. The SMILES string of the molecule is CC[C@@H](C)N1CCC(N2CCCN(c3cccc(C(=O)Nc4ccncc4)n3)CC2)CC1. The Hall–Kier alpha value is -2.51. The van der Waals surface area contributed by atoms with Crippen LogP contribution in [0, 0.1) is 0 Å². The highest BCUT2D eigenvalue weighted by Crippen LogP contribution is 2.22. The second kappa shape index (κ2) is 10.9. The third kappa shape index (κ3) is 5.64. The van der Waals surface area contributed by atoms with E-state index in [0.717, 1.165) is 44.1 Å². The van der Waals surface area contributed by atoms with E-state index in [2.05, 4.69) is 43.8 Å². The molecule has 1 amide bonds. The normalized spacial score (nSPS) is 20.0. The van der Waals surface area contributed by atoms with Gasteiger partial charge in [-0.25, -0.2) is 4.98 Å². The Morgan fingerprint density at radius 3 is 2.59 bits per heavy atom. The predicted octanol–water partition coefficient (Wildman–Crippen LogP) is 3.50. The van der Waals surface area contributed by atoms with Crippen molar-refractivity contribution < 1.29 is 4.79 Å². The van der Waals surface area contributed by atoms with Crippen molar-refractivity contribution in [2.24, 2.45) is 0 Å². The Kier molecular flexibility index (Phi) is 7.71. The number of piperidine rings is 1. The van der Waals surface area contributed by atoms with Gasteiger partial charge in [-0.1, -0.05) is 13.0 Å². The first-order valence-corrected chi connectivity index (χ1v) is 12.1. The second-order valence-electron chi connectivity index (χ2n) is 8.97. The maximum Gasteiger partial charge on any atom is 0.274 e. The molecule has 0 bridgehead atoms. The van der Waals surface area contributed by atoms with E-state index in [4.69, 9.17) is 0 Å². The number of likely N-dealkylation sites (tertiary alicyclic amines) is 1. The van der Waals surface area contributed by atoms with E-state index in [1.165, 1.54) is 32.4 Å². The Bertz CT molecular complexity index is 868. The summed E-state index contributed by atoms with van der Waals surface area (Å²) in [7, 11) is 0. The molecule has 0 radical (unpaired) electrons. The van der Waals surface area contributed by atoms with Crippen LogP contribution in [0.15, 0.2) is 42.7 Å². The van der Waals surface area contributed by atoms with Crippen molar-refractivity contribution in [3.05, 3.63) is 48.4 Å². The van der Waals surface area contributed by atoms with Gasteiger partial charge in [0, 0.05) is 56.3 Å². The van der Waals surface area contributed by atoms with Crippen LogP contribution < -0.4 is 10.2 Å². The van der Waals surface area contributed by atoms with E-state index in [-0.39, 0.29) is 5.91 Å². The molecule has 2 aliphatic heterocycles. The number of hydrogen-bond acceptors (Lipinski definition) is 6. The number of aromatic nitrogens is 2. The minimum atomic E-state index is -0.192. The van der Waals surface area contributed by atoms with Gasteiger partial charge in [0.25, 0.3) is 5.91 Å². The van der Waals surface area contributed by atoms with Gasteiger partial charge >= 0.3 is 0 Å². The molecule has 0 aliphatic carbocycles. The molecule has 32 heavy (non-hydrogen) atoms. The molecular weight excluding hydrogens is 400 g/mol. The highest BCUT2D eigenvalue weighted by Gasteiger charge is 2.28. The van der Waals surface area contributed by atoms with Crippen LogP contribution in [0.4, 0.5) is 11.5 Å². The molecule has 7 nitrogen and oxygen atoms in total. The first-order chi connectivity index (χ1) is 15.6. The van der Waals surface area contributed by atoms with Crippen LogP contribution in [-0.4, -0.2) is 77.0 Å². The number of carbonyl (C=O) groups is 1. The number of nitrogens with one attached hydrogen (secondary N) is 1. The topological polar surface area (TPSA) is 64.6 Å². The van der Waals surface area contributed by atoms with Crippen LogP contribution in [-0.2, 0) is 0 Å². The zero-order chi connectivity index (χ0) is 22.3. The number of anilines is 2. The Morgan fingerprint density at radius 2 is 1.84 bits per heavy atom. The molecule has 7 heteroatoms. The minimum Gasteiger partial charge on any atom is -0.355 e. The molecule has 0 spiro atoms. The number of carbonyl (C=O) groups excluding carboxylic acids is 1. The van der Waals surface area contributed by atoms with Crippen molar-refractivity contribution in [3.63, 3.8) is 0 Å². The van der Waals surface area contributed by atoms with Crippen molar-refractivity contribution in [2.45, 2.75) is 51.6 Å². The Balaban J connectivity index is 1.33. The van der Waals surface area contributed by atoms with Gasteiger partial charge in [0.2, 0.25) is 0 Å². The molecule has 1 N–H and O–H groups in total. The van der Waals surface area contributed by atoms with Crippen molar-refractivity contribution in [3.8, 4) is 0 Å². The zero-order valence-corrected chi connectivity index (χ0v) is 19.4. The highest BCUT2D eigenvalue weighted by molar-refractivity contribution is 6.03. The lowest BCUT2D eigenvalue weighted by molar-refractivity contribution is 0.0906. The minimum absolute atomic E-state index is 0.192. The summed E-state index contributed by atoms with van der Waals surface area (Å²) in [6.07, 6.45) is 8.23. The number of nitrogens with zero attached hydrogens (tertiary/aromatic N) is 5. The molecular formula is C25H36N6O. The van der Waals surface area contributed by atoms with Gasteiger partial charge in [-0.15, -0.1) is 0 Å². The summed E-state index contributed by atoms with van der Waals surface area (Å²) in [5, 5.41) is 2.89. The van der Waals surface area contributed by atoms with Crippen molar-refractivity contribution in [2.75, 3.05) is 49.5 Å². The van der Waals surface area contributed by atoms with Gasteiger partial charge in [0.05, 0.1) is 0 Å². The van der Waals surface area contributed by atoms with Gasteiger partial charge in [-0.05, 0) is 70.0 Å². The lowest BCUT2D eigenvalue weighted by Crippen LogP contribution is -2.48. The predicted molar refractivity (Wildman–Crippen MR) is 129 cm³/mol. The molecule has 172 valence electrons. The fourth-order valence-corrected chi connectivity index (χ4v) is 4.84. The van der Waals surface area contributed by atoms with Crippen molar-refractivity contribution >= 4 is 17.4 Å². The van der Waals surface area contributed by atoms with Crippen LogP contribution in [0.2, 0.25) is 0 Å². The highest BCUT2D eigenvalue weighted by atomic mass is 16.1. The largest absolute Gasteiger partial charge is 0.355 e. The van der Waals surface area contributed by atoms with E-state index in [1.807, 2.05) is 12.1 Å². The summed E-state index contributed by atoms with van der Waals surface area (Å²) in [6.45, 7) is 11.2. The molecule has 0 saturated carbocycles. The molecule has 0 unspecified atom stereocenters. The molecule has 4 rings (SSSR count). The molecule has 1 atom stereocenters. The maximum absolute atomic E-state index is 12.6. The summed E-state index contributed by atoms with van der Waals surface area (Å²) in [5.41, 5.74) is 1.17. The van der Waals surface area contributed by atoms with E-state index >= 15 is 0 Å². The van der Waals surface area contributed by atoms with Gasteiger partial charge in [-0.2, -0.15) is 0 Å². The molecule has 2 fully saturated rings. The molecule has 2 aliphatic rings. The van der Waals surface area contributed by atoms with Gasteiger partial charge in [-0.3, -0.25) is 14.7 Å². The summed E-state index contributed by atoms with van der Waals surface area (Å²) in [4.78, 5) is 29.0. The average Bonchev–Trinajstić information content (AvgIpc) is 3.11. The number of pyridine rings is 2. The third-order valence-electron chi connectivity index (χ3n) is 6.99. The third-order valence-corrected chi connectivity index (χ3v) is 6.99.